The van der Waals surface area contributed by atoms with Crippen molar-refractivity contribution in [3.63, 3.8) is 0 Å². The van der Waals surface area contributed by atoms with Gasteiger partial charge in [-0.05, 0) is 36.4 Å². The van der Waals surface area contributed by atoms with Gasteiger partial charge in [0.05, 0.1) is 5.56 Å². The van der Waals surface area contributed by atoms with Crippen molar-refractivity contribution < 1.29 is 14.3 Å². The van der Waals surface area contributed by atoms with E-state index >= 15 is 0 Å². The Bertz CT molecular complexity index is 758. The Morgan fingerprint density at radius 2 is 1.73 bits per heavy atom. The Hall–Kier alpha value is -2.47. The number of benzene rings is 2. The van der Waals surface area contributed by atoms with E-state index in [0.717, 1.165) is 4.90 Å². The van der Waals surface area contributed by atoms with E-state index in [4.69, 9.17) is 4.74 Å². The van der Waals surface area contributed by atoms with Crippen molar-refractivity contribution in [3.8, 4) is 5.75 Å². The average molecular weight is 372 g/mol. The Kier molecular flexibility index (Phi) is 7.09. The van der Waals surface area contributed by atoms with Gasteiger partial charge in [0.1, 0.15) is 5.75 Å². The largest absolute Gasteiger partial charge is 0.484 e. The Morgan fingerprint density at radius 3 is 2.35 bits per heavy atom. The smallest absolute Gasteiger partial charge is 0.259 e. The van der Waals surface area contributed by atoms with Crippen molar-refractivity contribution in [2.24, 2.45) is 0 Å². The van der Waals surface area contributed by atoms with Gasteiger partial charge < -0.3 is 15.0 Å². The highest BCUT2D eigenvalue weighted by Gasteiger charge is 2.13. The summed E-state index contributed by atoms with van der Waals surface area (Å²) in [6.45, 7) is 4.18. The molecule has 0 aliphatic rings. The first-order valence-corrected chi connectivity index (χ1v) is 9.25. The summed E-state index contributed by atoms with van der Waals surface area (Å²) in [5.41, 5.74) is 1.33. The van der Waals surface area contributed by atoms with E-state index in [1.165, 1.54) is 4.90 Å². The molecule has 0 saturated carbocycles. The number of nitrogens with zero attached hydrogens (tertiary/aromatic N) is 1. The molecule has 0 radical (unpaired) electrons. The van der Waals surface area contributed by atoms with Gasteiger partial charge in [-0.15, -0.1) is 11.8 Å². The zero-order chi connectivity index (χ0) is 19.1. The summed E-state index contributed by atoms with van der Waals surface area (Å²) in [6, 6.07) is 14.5. The molecule has 0 bridgehead atoms. The first-order valence-electron chi connectivity index (χ1n) is 8.37. The van der Waals surface area contributed by atoms with Crippen LogP contribution in [0.15, 0.2) is 53.4 Å². The van der Waals surface area contributed by atoms with Crippen LogP contribution in [-0.2, 0) is 4.79 Å². The summed E-state index contributed by atoms with van der Waals surface area (Å²) in [7, 11) is 3.36. The highest BCUT2D eigenvalue weighted by molar-refractivity contribution is 8.00. The number of thioether (sulfide) groups is 1. The number of hydrogen-bond acceptors (Lipinski definition) is 4. The van der Waals surface area contributed by atoms with E-state index in [1.807, 2.05) is 24.3 Å². The van der Waals surface area contributed by atoms with Gasteiger partial charge in [-0.2, -0.15) is 0 Å². The van der Waals surface area contributed by atoms with Crippen LogP contribution in [0.3, 0.4) is 0 Å². The van der Waals surface area contributed by atoms with Crippen LogP contribution < -0.4 is 10.1 Å². The zero-order valence-electron chi connectivity index (χ0n) is 15.5. The van der Waals surface area contributed by atoms with Crippen molar-refractivity contribution in [1.29, 1.82) is 0 Å². The molecule has 5 nitrogen and oxygen atoms in total. The van der Waals surface area contributed by atoms with Crippen LogP contribution in [0.2, 0.25) is 0 Å². The molecule has 0 saturated heterocycles. The van der Waals surface area contributed by atoms with Gasteiger partial charge >= 0.3 is 0 Å². The van der Waals surface area contributed by atoms with Crippen molar-refractivity contribution in [1.82, 2.24) is 4.90 Å². The molecule has 0 aromatic heterocycles. The quantitative estimate of drug-likeness (QED) is 0.749. The second-order valence-electron chi connectivity index (χ2n) is 6.22. The molecule has 0 aliphatic carbocycles. The summed E-state index contributed by atoms with van der Waals surface area (Å²) in [5, 5.41) is 3.29. The van der Waals surface area contributed by atoms with Crippen molar-refractivity contribution in [3.05, 3.63) is 54.1 Å². The fourth-order valence-electron chi connectivity index (χ4n) is 2.12. The van der Waals surface area contributed by atoms with E-state index in [1.54, 1.807) is 50.1 Å². The lowest BCUT2D eigenvalue weighted by Gasteiger charge is -2.13. The predicted octanol–water partition coefficient (Wildman–Crippen LogP) is 3.91. The molecule has 2 rings (SSSR count). The molecule has 138 valence electrons. The molecule has 0 unspecified atom stereocenters. The molecule has 6 heteroatoms. The molecule has 2 aromatic carbocycles. The number of nitrogens with one attached hydrogen (secondary N) is 1. The number of anilines is 1. The normalized spacial score (nSPS) is 10.5. The molecule has 0 aliphatic heterocycles. The van der Waals surface area contributed by atoms with Crippen LogP contribution in [0.4, 0.5) is 5.69 Å². The average Bonchev–Trinajstić information content (AvgIpc) is 2.60. The summed E-state index contributed by atoms with van der Waals surface area (Å²) < 4.78 is 5.43. The van der Waals surface area contributed by atoms with E-state index in [2.05, 4.69) is 19.2 Å². The van der Waals surface area contributed by atoms with Gasteiger partial charge in [-0.1, -0.05) is 26.0 Å². The van der Waals surface area contributed by atoms with E-state index in [9.17, 15) is 9.59 Å². The van der Waals surface area contributed by atoms with Gasteiger partial charge in [-0.3, -0.25) is 9.59 Å². The number of ether oxygens (including phenoxy) is 1. The van der Waals surface area contributed by atoms with E-state index in [-0.39, 0.29) is 18.4 Å². The first-order chi connectivity index (χ1) is 12.4. The van der Waals surface area contributed by atoms with Crippen LogP contribution in [-0.4, -0.2) is 42.7 Å². The third-order valence-corrected chi connectivity index (χ3v) is 4.55. The van der Waals surface area contributed by atoms with Crippen LogP contribution >= 0.6 is 11.8 Å². The van der Waals surface area contributed by atoms with Gasteiger partial charge in [0.2, 0.25) is 0 Å². The molecule has 0 fully saturated rings. The third kappa shape index (κ3) is 5.81. The van der Waals surface area contributed by atoms with Gasteiger partial charge in [0.25, 0.3) is 11.8 Å². The van der Waals surface area contributed by atoms with Crippen molar-refractivity contribution in [2.45, 2.75) is 24.0 Å². The van der Waals surface area contributed by atoms with E-state index in [0.29, 0.717) is 22.3 Å². The number of carbonyl (C=O) groups excluding carboxylic acids is 2. The van der Waals surface area contributed by atoms with Gasteiger partial charge in [0.15, 0.2) is 6.61 Å². The van der Waals surface area contributed by atoms with E-state index < -0.39 is 0 Å². The van der Waals surface area contributed by atoms with Gasteiger partial charge in [0, 0.05) is 29.9 Å². The standard InChI is InChI=1S/C20H24N2O3S/c1-14(2)26-18-8-6-5-7-17(18)20(24)21-15-9-11-16(12-10-15)25-13-19(23)22(3)4/h5-12,14H,13H2,1-4H3,(H,21,24). The second-order valence-corrected chi connectivity index (χ2v) is 7.84. The highest BCUT2D eigenvalue weighted by Crippen LogP contribution is 2.27. The Morgan fingerprint density at radius 1 is 1.08 bits per heavy atom. The lowest BCUT2D eigenvalue weighted by Crippen LogP contribution is -2.27. The Balaban J connectivity index is 2.01. The Labute approximate surface area is 158 Å². The van der Waals surface area contributed by atoms with Crippen LogP contribution in [0.5, 0.6) is 5.75 Å². The highest BCUT2D eigenvalue weighted by atomic mass is 32.2. The second kappa shape index (κ2) is 9.29. The minimum atomic E-state index is -0.148. The fourth-order valence-corrected chi connectivity index (χ4v) is 3.07. The maximum absolute atomic E-state index is 12.6. The SMILES string of the molecule is CC(C)Sc1ccccc1C(=O)Nc1ccc(OCC(=O)N(C)C)cc1. The van der Waals surface area contributed by atoms with Crippen LogP contribution in [0.25, 0.3) is 0 Å². The van der Waals surface area contributed by atoms with Crippen molar-refractivity contribution >= 4 is 29.3 Å². The molecular weight excluding hydrogens is 348 g/mol. The molecule has 2 amide bonds. The predicted molar refractivity (Wildman–Crippen MR) is 106 cm³/mol. The topological polar surface area (TPSA) is 58.6 Å². The number of likely N-dealkylation sites (N-methyl/N-ethyl adjacent to an activating group) is 1. The molecule has 26 heavy (non-hydrogen) atoms. The van der Waals surface area contributed by atoms with Crippen LogP contribution in [0, 0.1) is 0 Å². The molecule has 0 atom stereocenters. The first kappa shape index (κ1) is 19.8. The number of hydrogen-bond donors (Lipinski definition) is 1. The molecule has 2 aromatic rings. The minimum Gasteiger partial charge on any atom is -0.484 e. The number of rotatable bonds is 7. The monoisotopic (exact) mass is 372 g/mol. The summed E-state index contributed by atoms with van der Waals surface area (Å²) in [5.74, 6) is 0.320. The molecule has 0 heterocycles. The summed E-state index contributed by atoms with van der Waals surface area (Å²) in [6.07, 6.45) is 0. The van der Waals surface area contributed by atoms with Crippen molar-refractivity contribution in [2.75, 3.05) is 26.0 Å². The molecule has 0 spiro atoms. The maximum Gasteiger partial charge on any atom is 0.259 e. The zero-order valence-corrected chi connectivity index (χ0v) is 16.3. The lowest BCUT2D eigenvalue weighted by molar-refractivity contribution is -0.130. The van der Waals surface area contributed by atoms with Gasteiger partial charge in [-0.25, -0.2) is 0 Å². The number of carbonyl (C=O) groups is 2. The minimum absolute atomic E-state index is 0.0154. The number of amides is 2. The molecule has 1 N–H and O–H groups in total. The lowest BCUT2D eigenvalue weighted by atomic mass is 10.2. The van der Waals surface area contributed by atoms with Crippen LogP contribution in [0.1, 0.15) is 24.2 Å². The maximum atomic E-state index is 12.6. The molecular formula is C20H24N2O3S. The third-order valence-electron chi connectivity index (χ3n) is 3.47. The summed E-state index contributed by atoms with van der Waals surface area (Å²) >= 11 is 1.66. The summed E-state index contributed by atoms with van der Waals surface area (Å²) in [4.78, 5) is 26.6. The fraction of sp³-hybridized carbons (Fsp3) is 0.300.